The van der Waals surface area contributed by atoms with Crippen molar-refractivity contribution in [3.63, 3.8) is 0 Å². The lowest BCUT2D eigenvalue weighted by molar-refractivity contribution is 0.201. The van der Waals surface area contributed by atoms with Gasteiger partial charge in [0, 0.05) is 11.6 Å². The number of pyridine rings is 1. The maximum absolute atomic E-state index is 8.60. The van der Waals surface area contributed by atoms with E-state index in [2.05, 4.69) is 4.98 Å². The van der Waals surface area contributed by atoms with Crippen LogP contribution in [0.4, 0.5) is 0 Å². The van der Waals surface area contributed by atoms with Crippen LogP contribution in [0.15, 0.2) is 36.5 Å². The van der Waals surface area contributed by atoms with Crippen molar-refractivity contribution in [3.05, 3.63) is 36.5 Å². The molecular formula is C11H11NO2. The van der Waals surface area contributed by atoms with Gasteiger partial charge in [0.2, 0.25) is 0 Å². The van der Waals surface area contributed by atoms with E-state index in [1.807, 2.05) is 30.3 Å². The van der Waals surface area contributed by atoms with Gasteiger partial charge in [0.15, 0.2) is 0 Å². The molecule has 0 saturated heterocycles. The van der Waals surface area contributed by atoms with Crippen LogP contribution < -0.4 is 4.74 Å². The van der Waals surface area contributed by atoms with E-state index in [0.717, 1.165) is 16.7 Å². The molecule has 14 heavy (non-hydrogen) atoms. The lowest BCUT2D eigenvalue weighted by atomic mass is 10.2. The number of aliphatic hydroxyl groups is 1. The zero-order chi connectivity index (χ0) is 9.80. The van der Waals surface area contributed by atoms with Gasteiger partial charge < -0.3 is 9.84 Å². The first-order valence-corrected chi connectivity index (χ1v) is 4.48. The van der Waals surface area contributed by atoms with Gasteiger partial charge in [0.25, 0.3) is 0 Å². The number of ether oxygens (including phenoxy) is 1. The molecule has 0 aliphatic rings. The second kappa shape index (κ2) is 4.07. The van der Waals surface area contributed by atoms with Crippen molar-refractivity contribution in [1.82, 2.24) is 4.98 Å². The largest absolute Gasteiger partial charge is 0.491 e. The number of aliphatic hydroxyl groups excluding tert-OH is 1. The van der Waals surface area contributed by atoms with Gasteiger partial charge in [-0.2, -0.15) is 0 Å². The molecule has 0 bridgehead atoms. The SMILES string of the molecule is OCCOc1ccc2ncccc2c1. The molecule has 3 heteroatoms. The Morgan fingerprint density at radius 3 is 3.07 bits per heavy atom. The monoisotopic (exact) mass is 189 g/mol. The molecule has 0 amide bonds. The third-order valence-corrected chi connectivity index (χ3v) is 1.93. The highest BCUT2D eigenvalue weighted by molar-refractivity contribution is 5.79. The fourth-order valence-corrected chi connectivity index (χ4v) is 1.31. The van der Waals surface area contributed by atoms with Gasteiger partial charge in [0.05, 0.1) is 12.1 Å². The molecule has 3 nitrogen and oxygen atoms in total. The zero-order valence-corrected chi connectivity index (χ0v) is 7.68. The van der Waals surface area contributed by atoms with E-state index in [1.54, 1.807) is 6.20 Å². The summed E-state index contributed by atoms with van der Waals surface area (Å²) in [4.78, 5) is 4.20. The number of fused-ring (bicyclic) bond motifs is 1. The van der Waals surface area contributed by atoms with Crippen LogP contribution in [-0.2, 0) is 0 Å². The first kappa shape index (κ1) is 8.97. The molecule has 1 N–H and O–H groups in total. The minimum absolute atomic E-state index is 0.0328. The van der Waals surface area contributed by atoms with Crippen molar-refractivity contribution in [2.45, 2.75) is 0 Å². The third-order valence-electron chi connectivity index (χ3n) is 1.93. The minimum atomic E-state index is 0.0328. The lowest BCUT2D eigenvalue weighted by Gasteiger charge is -2.04. The van der Waals surface area contributed by atoms with E-state index >= 15 is 0 Å². The summed E-state index contributed by atoms with van der Waals surface area (Å²) in [6.45, 7) is 0.358. The zero-order valence-electron chi connectivity index (χ0n) is 7.68. The van der Waals surface area contributed by atoms with Crippen LogP contribution >= 0.6 is 0 Å². The highest BCUT2D eigenvalue weighted by atomic mass is 16.5. The summed E-state index contributed by atoms with van der Waals surface area (Å²) in [7, 11) is 0. The third kappa shape index (κ3) is 1.83. The molecule has 72 valence electrons. The van der Waals surface area contributed by atoms with Gasteiger partial charge in [-0.1, -0.05) is 6.07 Å². The number of rotatable bonds is 3. The first-order valence-electron chi connectivity index (χ1n) is 4.48. The topological polar surface area (TPSA) is 42.4 Å². The second-order valence-electron chi connectivity index (χ2n) is 2.93. The summed E-state index contributed by atoms with van der Waals surface area (Å²) in [5.74, 6) is 0.763. The van der Waals surface area contributed by atoms with Crippen LogP contribution in [0, 0.1) is 0 Å². The minimum Gasteiger partial charge on any atom is -0.491 e. The second-order valence-corrected chi connectivity index (χ2v) is 2.93. The van der Waals surface area contributed by atoms with E-state index in [-0.39, 0.29) is 6.61 Å². The molecule has 1 aromatic carbocycles. The van der Waals surface area contributed by atoms with Crippen LogP contribution in [0.5, 0.6) is 5.75 Å². The number of benzene rings is 1. The van der Waals surface area contributed by atoms with Gasteiger partial charge in [-0.3, -0.25) is 4.98 Å². The normalized spacial score (nSPS) is 10.4. The molecular weight excluding hydrogens is 178 g/mol. The molecule has 0 unspecified atom stereocenters. The molecule has 1 aromatic heterocycles. The van der Waals surface area contributed by atoms with Crippen LogP contribution in [0.2, 0.25) is 0 Å². The van der Waals surface area contributed by atoms with Gasteiger partial charge in [-0.15, -0.1) is 0 Å². The Morgan fingerprint density at radius 1 is 1.29 bits per heavy atom. The predicted molar refractivity (Wildman–Crippen MR) is 54.3 cm³/mol. The van der Waals surface area contributed by atoms with Crippen LogP contribution in [0.25, 0.3) is 10.9 Å². The van der Waals surface area contributed by atoms with Crippen molar-refractivity contribution < 1.29 is 9.84 Å². The highest BCUT2D eigenvalue weighted by Gasteiger charge is 1.96. The Bertz CT molecular complexity index is 428. The lowest BCUT2D eigenvalue weighted by Crippen LogP contribution is -2.01. The summed E-state index contributed by atoms with van der Waals surface area (Å²) in [6.07, 6.45) is 1.76. The summed E-state index contributed by atoms with van der Waals surface area (Å²) in [6, 6.07) is 9.54. The Morgan fingerprint density at radius 2 is 2.21 bits per heavy atom. The van der Waals surface area contributed by atoms with E-state index in [4.69, 9.17) is 9.84 Å². The summed E-state index contributed by atoms with van der Waals surface area (Å²) in [5.41, 5.74) is 0.948. The van der Waals surface area contributed by atoms with Crippen molar-refractivity contribution in [2.24, 2.45) is 0 Å². The van der Waals surface area contributed by atoms with Crippen molar-refractivity contribution in [3.8, 4) is 5.75 Å². The molecule has 0 saturated carbocycles. The van der Waals surface area contributed by atoms with Gasteiger partial charge >= 0.3 is 0 Å². The summed E-state index contributed by atoms with van der Waals surface area (Å²) in [5, 5.41) is 9.65. The molecule has 2 rings (SSSR count). The van der Waals surface area contributed by atoms with E-state index in [1.165, 1.54) is 0 Å². The summed E-state index contributed by atoms with van der Waals surface area (Å²) >= 11 is 0. The Hall–Kier alpha value is -1.61. The molecule has 0 aliphatic heterocycles. The van der Waals surface area contributed by atoms with Gasteiger partial charge in [0.1, 0.15) is 12.4 Å². The van der Waals surface area contributed by atoms with E-state index in [9.17, 15) is 0 Å². The fourth-order valence-electron chi connectivity index (χ4n) is 1.31. The van der Waals surface area contributed by atoms with Crippen LogP contribution in [-0.4, -0.2) is 23.3 Å². The molecule has 0 atom stereocenters. The Kier molecular flexibility index (Phi) is 2.60. The Balaban J connectivity index is 2.32. The number of hydrogen-bond donors (Lipinski definition) is 1. The van der Waals surface area contributed by atoms with E-state index in [0.29, 0.717) is 6.61 Å². The first-order chi connectivity index (χ1) is 6.90. The van der Waals surface area contributed by atoms with Crippen molar-refractivity contribution in [2.75, 3.05) is 13.2 Å². The van der Waals surface area contributed by atoms with Crippen molar-refractivity contribution >= 4 is 10.9 Å². The fraction of sp³-hybridized carbons (Fsp3) is 0.182. The van der Waals surface area contributed by atoms with E-state index < -0.39 is 0 Å². The molecule has 0 aliphatic carbocycles. The standard InChI is InChI=1S/C11H11NO2/c13-6-7-14-10-3-4-11-9(8-10)2-1-5-12-11/h1-5,8,13H,6-7H2. The Labute approximate surface area is 82.0 Å². The molecule has 2 aromatic rings. The number of nitrogens with zero attached hydrogens (tertiary/aromatic N) is 1. The maximum atomic E-state index is 8.60. The van der Waals surface area contributed by atoms with Gasteiger partial charge in [-0.05, 0) is 24.3 Å². The van der Waals surface area contributed by atoms with Crippen molar-refractivity contribution in [1.29, 1.82) is 0 Å². The smallest absolute Gasteiger partial charge is 0.120 e. The molecule has 0 fully saturated rings. The molecule has 1 heterocycles. The molecule has 0 spiro atoms. The summed E-state index contributed by atoms with van der Waals surface area (Å²) < 4.78 is 5.29. The highest BCUT2D eigenvalue weighted by Crippen LogP contribution is 2.18. The average molecular weight is 189 g/mol. The average Bonchev–Trinajstić information content (AvgIpc) is 2.26. The maximum Gasteiger partial charge on any atom is 0.120 e. The van der Waals surface area contributed by atoms with Crippen LogP contribution in [0.3, 0.4) is 0 Å². The van der Waals surface area contributed by atoms with Gasteiger partial charge in [-0.25, -0.2) is 0 Å². The number of hydrogen-bond acceptors (Lipinski definition) is 3. The number of aromatic nitrogens is 1. The quantitative estimate of drug-likeness (QED) is 0.797. The predicted octanol–water partition coefficient (Wildman–Crippen LogP) is 1.61. The van der Waals surface area contributed by atoms with Crippen LogP contribution in [0.1, 0.15) is 0 Å². The molecule has 0 radical (unpaired) electrons.